The first kappa shape index (κ1) is 14.0. The maximum absolute atomic E-state index is 11.7. The number of amides is 1. The van der Waals surface area contributed by atoms with Crippen LogP contribution >= 0.6 is 15.9 Å². The molecule has 0 spiro atoms. The van der Waals surface area contributed by atoms with E-state index in [1.54, 1.807) is 42.6 Å². The van der Waals surface area contributed by atoms with Crippen molar-refractivity contribution < 1.29 is 9.53 Å². The number of hydrogen-bond donors (Lipinski definition) is 1. The molecule has 1 N–H and O–H groups in total. The second-order valence-corrected chi connectivity index (χ2v) is 4.66. The molecule has 2 aromatic rings. The molecule has 0 atom stereocenters. The molecule has 0 saturated heterocycles. The maximum Gasteiger partial charge on any atom is 0.263 e. The minimum Gasteiger partial charge on any atom is -0.484 e. The third-order valence-electron chi connectivity index (χ3n) is 2.37. The van der Waals surface area contributed by atoms with Crippen LogP contribution in [0, 0.1) is 11.3 Å². The summed E-state index contributed by atoms with van der Waals surface area (Å²) in [5.74, 6) is 0.661. The molecule has 0 aliphatic heterocycles. The monoisotopic (exact) mass is 331 g/mol. The van der Waals surface area contributed by atoms with Crippen molar-refractivity contribution in [1.82, 2.24) is 4.98 Å². The van der Waals surface area contributed by atoms with Gasteiger partial charge in [0.1, 0.15) is 11.6 Å². The topological polar surface area (TPSA) is 75.0 Å². The number of rotatable bonds is 4. The smallest absolute Gasteiger partial charge is 0.263 e. The first-order valence-corrected chi connectivity index (χ1v) is 6.51. The molecule has 1 aromatic carbocycles. The van der Waals surface area contributed by atoms with Crippen LogP contribution in [0.2, 0.25) is 0 Å². The van der Waals surface area contributed by atoms with Gasteiger partial charge in [-0.25, -0.2) is 4.98 Å². The summed E-state index contributed by atoms with van der Waals surface area (Å²) >= 11 is 3.29. The summed E-state index contributed by atoms with van der Waals surface area (Å²) in [6, 6.07) is 12.1. The average Bonchev–Trinajstić information content (AvgIpc) is 2.48. The molecular formula is C14H10BrN3O2. The lowest BCUT2D eigenvalue weighted by Crippen LogP contribution is -2.21. The minimum absolute atomic E-state index is 0.130. The Kier molecular flexibility index (Phi) is 4.69. The standard InChI is InChI=1S/C14H10BrN3O2/c15-12-2-1-7-17-14(12)18-13(19)9-20-11-5-3-10(8-16)4-6-11/h1-7H,9H2,(H,17,18,19). The van der Waals surface area contributed by atoms with E-state index >= 15 is 0 Å². The van der Waals surface area contributed by atoms with E-state index in [1.165, 1.54) is 0 Å². The lowest BCUT2D eigenvalue weighted by molar-refractivity contribution is -0.118. The second-order valence-electron chi connectivity index (χ2n) is 3.81. The van der Waals surface area contributed by atoms with Crippen LogP contribution in [0.4, 0.5) is 5.82 Å². The fraction of sp³-hybridized carbons (Fsp3) is 0.0714. The molecular weight excluding hydrogens is 322 g/mol. The lowest BCUT2D eigenvalue weighted by atomic mass is 10.2. The van der Waals surface area contributed by atoms with Gasteiger partial charge in [0.2, 0.25) is 0 Å². The van der Waals surface area contributed by atoms with E-state index in [-0.39, 0.29) is 12.5 Å². The van der Waals surface area contributed by atoms with Gasteiger partial charge in [-0.05, 0) is 52.3 Å². The number of nitrogens with zero attached hydrogens (tertiary/aromatic N) is 2. The fourth-order valence-corrected chi connectivity index (χ4v) is 1.77. The van der Waals surface area contributed by atoms with Crippen molar-refractivity contribution in [2.45, 2.75) is 0 Å². The van der Waals surface area contributed by atoms with Gasteiger partial charge in [-0.15, -0.1) is 0 Å². The predicted molar refractivity (Wildman–Crippen MR) is 77.2 cm³/mol. The molecule has 0 aliphatic rings. The SMILES string of the molecule is N#Cc1ccc(OCC(=O)Nc2ncccc2Br)cc1. The summed E-state index contributed by atoms with van der Waals surface area (Å²) < 4.78 is 6.02. The number of carbonyl (C=O) groups excluding carboxylic acids is 1. The largest absolute Gasteiger partial charge is 0.484 e. The Morgan fingerprint density at radius 3 is 2.75 bits per heavy atom. The van der Waals surface area contributed by atoms with Crippen LogP contribution in [0.3, 0.4) is 0 Å². The molecule has 0 aliphatic carbocycles. The predicted octanol–water partition coefficient (Wildman–Crippen LogP) is 2.73. The van der Waals surface area contributed by atoms with Crippen LogP contribution in [0.5, 0.6) is 5.75 Å². The number of hydrogen-bond acceptors (Lipinski definition) is 4. The molecule has 0 saturated carbocycles. The number of ether oxygens (including phenoxy) is 1. The van der Waals surface area contributed by atoms with Gasteiger partial charge >= 0.3 is 0 Å². The van der Waals surface area contributed by atoms with Crippen molar-refractivity contribution in [1.29, 1.82) is 5.26 Å². The number of pyridine rings is 1. The molecule has 1 heterocycles. The summed E-state index contributed by atoms with van der Waals surface area (Å²) in [6.07, 6.45) is 1.59. The third-order valence-corrected chi connectivity index (χ3v) is 3.01. The highest BCUT2D eigenvalue weighted by atomic mass is 79.9. The first-order chi connectivity index (χ1) is 9.69. The number of carbonyl (C=O) groups is 1. The Morgan fingerprint density at radius 2 is 2.10 bits per heavy atom. The van der Waals surface area contributed by atoms with Crippen molar-refractivity contribution in [2.24, 2.45) is 0 Å². The van der Waals surface area contributed by atoms with E-state index in [4.69, 9.17) is 10.00 Å². The molecule has 1 aromatic heterocycles. The van der Waals surface area contributed by atoms with Crippen LogP contribution < -0.4 is 10.1 Å². The highest BCUT2D eigenvalue weighted by Gasteiger charge is 2.07. The first-order valence-electron chi connectivity index (χ1n) is 5.72. The number of aromatic nitrogens is 1. The van der Waals surface area contributed by atoms with Crippen LogP contribution in [-0.4, -0.2) is 17.5 Å². The third kappa shape index (κ3) is 3.80. The molecule has 1 amide bonds. The molecule has 2 rings (SSSR count). The van der Waals surface area contributed by atoms with E-state index in [0.29, 0.717) is 21.6 Å². The van der Waals surface area contributed by atoms with Gasteiger partial charge in [-0.2, -0.15) is 5.26 Å². The van der Waals surface area contributed by atoms with E-state index < -0.39 is 0 Å². The molecule has 0 bridgehead atoms. The number of anilines is 1. The number of nitriles is 1. The van der Waals surface area contributed by atoms with Crippen LogP contribution in [-0.2, 0) is 4.79 Å². The van der Waals surface area contributed by atoms with E-state index in [2.05, 4.69) is 26.2 Å². The second kappa shape index (κ2) is 6.68. The minimum atomic E-state index is -0.311. The zero-order chi connectivity index (χ0) is 14.4. The van der Waals surface area contributed by atoms with Gasteiger partial charge in [0.05, 0.1) is 16.1 Å². The Balaban J connectivity index is 1.89. The molecule has 0 radical (unpaired) electrons. The quantitative estimate of drug-likeness (QED) is 0.934. The highest BCUT2D eigenvalue weighted by molar-refractivity contribution is 9.10. The van der Waals surface area contributed by atoms with E-state index in [9.17, 15) is 4.79 Å². The summed E-state index contributed by atoms with van der Waals surface area (Å²) in [5.41, 5.74) is 0.541. The highest BCUT2D eigenvalue weighted by Crippen LogP contribution is 2.18. The van der Waals surface area contributed by atoms with Crippen LogP contribution in [0.1, 0.15) is 5.56 Å². The van der Waals surface area contributed by atoms with Gasteiger partial charge in [0, 0.05) is 6.20 Å². The van der Waals surface area contributed by atoms with Gasteiger partial charge in [0.15, 0.2) is 6.61 Å². The number of nitrogens with one attached hydrogen (secondary N) is 1. The summed E-state index contributed by atoms with van der Waals surface area (Å²) in [4.78, 5) is 15.7. The van der Waals surface area contributed by atoms with Crippen molar-refractivity contribution in [3.63, 3.8) is 0 Å². The van der Waals surface area contributed by atoms with Crippen LogP contribution in [0.15, 0.2) is 47.1 Å². The normalized spacial score (nSPS) is 9.60. The summed E-state index contributed by atoms with van der Waals surface area (Å²) in [5, 5.41) is 11.3. The van der Waals surface area contributed by atoms with Crippen molar-refractivity contribution in [2.75, 3.05) is 11.9 Å². The molecule has 20 heavy (non-hydrogen) atoms. The van der Waals surface area contributed by atoms with E-state index in [1.807, 2.05) is 6.07 Å². The maximum atomic E-state index is 11.7. The van der Waals surface area contributed by atoms with E-state index in [0.717, 1.165) is 0 Å². The van der Waals surface area contributed by atoms with Crippen molar-refractivity contribution in [3.05, 3.63) is 52.6 Å². The Bertz CT molecular complexity index is 650. The number of benzene rings is 1. The molecule has 0 fully saturated rings. The summed E-state index contributed by atoms with van der Waals surface area (Å²) in [6.45, 7) is -0.130. The Labute approximate surface area is 124 Å². The fourth-order valence-electron chi connectivity index (χ4n) is 1.42. The number of halogens is 1. The van der Waals surface area contributed by atoms with Gasteiger partial charge in [0.25, 0.3) is 5.91 Å². The van der Waals surface area contributed by atoms with Gasteiger partial charge in [-0.3, -0.25) is 4.79 Å². The summed E-state index contributed by atoms with van der Waals surface area (Å²) in [7, 11) is 0. The zero-order valence-corrected chi connectivity index (χ0v) is 11.9. The lowest BCUT2D eigenvalue weighted by Gasteiger charge is -2.07. The average molecular weight is 332 g/mol. The molecule has 5 nitrogen and oxygen atoms in total. The van der Waals surface area contributed by atoms with Crippen molar-refractivity contribution in [3.8, 4) is 11.8 Å². The van der Waals surface area contributed by atoms with Gasteiger partial charge < -0.3 is 10.1 Å². The molecule has 100 valence electrons. The molecule has 6 heteroatoms. The Morgan fingerprint density at radius 1 is 1.35 bits per heavy atom. The Hall–Kier alpha value is -2.39. The molecule has 0 unspecified atom stereocenters. The zero-order valence-electron chi connectivity index (χ0n) is 10.3. The van der Waals surface area contributed by atoms with Gasteiger partial charge in [-0.1, -0.05) is 0 Å². The van der Waals surface area contributed by atoms with Crippen molar-refractivity contribution >= 4 is 27.7 Å². The van der Waals surface area contributed by atoms with Crippen LogP contribution in [0.25, 0.3) is 0 Å².